The minimum absolute atomic E-state index is 0.173. The second-order valence-electron chi connectivity index (χ2n) is 11.6. The number of hydrogen-bond acceptors (Lipinski definition) is 8. The van der Waals surface area contributed by atoms with Crippen LogP contribution in [0.1, 0.15) is 55.2 Å². The summed E-state index contributed by atoms with van der Waals surface area (Å²) in [5.41, 5.74) is 1.90. The van der Waals surface area contributed by atoms with Crippen LogP contribution in [0, 0.1) is 17.1 Å². The third-order valence-electron chi connectivity index (χ3n) is 9.26. The topological polar surface area (TPSA) is 94.8 Å². The molecule has 2 saturated heterocycles. The molecule has 1 aromatic heterocycles. The van der Waals surface area contributed by atoms with Gasteiger partial charge in [-0.15, -0.1) is 0 Å². The van der Waals surface area contributed by atoms with Crippen molar-refractivity contribution in [2.75, 3.05) is 44.7 Å². The molecule has 1 amide bonds. The first-order valence-electron chi connectivity index (χ1n) is 14.7. The second-order valence-corrected chi connectivity index (χ2v) is 11.6. The highest BCUT2D eigenvalue weighted by Crippen LogP contribution is 2.48. The standard InChI is InChI=1S/C31H37FN6O3/c1-3-27(39)38-18-17-37(19-21(38)12-15-33)28-24-11-14-31(13-5-8-23-25(31)9-4-10-26(23)32)41-29(24)35-30(34-28)40-20-22-7-6-16-36(22)2/h3-4,9-10,21-22H,1,5-8,11-14,16-20H2,2H3/t21-,22-,31-/m0/s1. The van der Waals surface area contributed by atoms with Gasteiger partial charge in [0.1, 0.15) is 23.8 Å². The summed E-state index contributed by atoms with van der Waals surface area (Å²) in [6.45, 7) is 6.61. The van der Waals surface area contributed by atoms with Crippen LogP contribution in [0.25, 0.3) is 0 Å². The number of nitrogens with zero attached hydrogens (tertiary/aromatic N) is 6. The molecule has 3 atom stereocenters. The molecule has 4 heterocycles. The molecule has 1 spiro atoms. The van der Waals surface area contributed by atoms with Crippen molar-refractivity contribution in [1.82, 2.24) is 19.8 Å². The van der Waals surface area contributed by atoms with Gasteiger partial charge in [0.05, 0.1) is 24.1 Å². The van der Waals surface area contributed by atoms with Gasteiger partial charge in [0, 0.05) is 31.2 Å². The van der Waals surface area contributed by atoms with Crippen LogP contribution in [-0.4, -0.2) is 77.6 Å². The fraction of sp³-hybridized carbons (Fsp3) is 0.548. The van der Waals surface area contributed by atoms with Crippen LogP contribution >= 0.6 is 0 Å². The third kappa shape index (κ3) is 5.12. The Balaban J connectivity index is 1.35. The summed E-state index contributed by atoms with van der Waals surface area (Å²) in [6, 6.07) is 7.77. The number of benzene rings is 1. The van der Waals surface area contributed by atoms with E-state index < -0.39 is 5.60 Å². The largest absolute Gasteiger partial charge is 0.466 e. The Kier molecular flexibility index (Phi) is 7.56. The smallest absolute Gasteiger partial charge is 0.321 e. The average molecular weight is 561 g/mol. The maximum Gasteiger partial charge on any atom is 0.321 e. The van der Waals surface area contributed by atoms with E-state index in [1.54, 1.807) is 11.0 Å². The molecule has 41 heavy (non-hydrogen) atoms. The van der Waals surface area contributed by atoms with E-state index >= 15 is 0 Å². The van der Waals surface area contributed by atoms with Gasteiger partial charge in [-0.2, -0.15) is 15.2 Å². The van der Waals surface area contributed by atoms with Crippen molar-refractivity contribution in [3.63, 3.8) is 0 Å². The van der Waals surface area contributed by atoms with Gasteiger partial charge in [0.2, 0.25) is 11.8 Å². The van der Waals surface area contributed by atoms with Crippen molar-refractivity contribution in [2.45, 2.75) is 69.1 Å². The maximum atomic E-state index is 14.8. The monoisotopic (exact) mass is 560 g/mol. The van der Waals surface area contributed by atoms with Gasteiger partial charge in [-0.25, -0.2) is 4.39 Å². The van der Waals surface area contributed by atoms with Crippen molar-refractivity contribution in [1.29, 1.82) is 5.26 Å². The van der Waals surface area contributed by atoms with Gasteiger partial charge in [-0.1, -0.05) is 18.7 Å². The number of rotatable bonds is 6. The van der Waals surface area contributed by atoms with Crippen LogP contribution in [0.2, 0.25) is 0 Å². The van der Waals surface area contributed by atoms with E-state index in [2.05, 4.69) is 29.5 Å². The molecular weight excluding hydrogens is 523 g/mol. The van der Waals surface area contributed by atoms with E-state index in [9.17, 15) is 14.4 Å². The lowest BCUT2D eigenvalue weighted by molar-refractivity contribution is -0.128. The minimum atomic E-state index is -0.643. The van der Waals surface area contributed by atoms with E-state index in [4.69, 9.17) is 19.4 Å². The number of fused-ring (bicyclic) bond motifs is 3. The van der Waals surface area contributed by atoms with Crippen LogP contribution in [0.15, 0.2) is 30.9 Å². The van der Waals surface area contributed by atoms with Gasteiger partial charge in [-0.3, -0.25) is 4.79 Å². The molecular formula is C31H37FN6O3. The maximum absolute atomic E-state index is 14.8. The predicted octanol–water partition coefficient (Wildman–Crippen LogP) is 3.76. The van der Waals surface area contributed by atoms with Crippen molar-refractivity contribution in [3.8, 4) is 18.0 Å². The van der Waals surface area contributed by atoms with Gasteiger partial charge in [-0.05, 0) is 76.2 Å². The van der Waals surface area contributed by atoms with Gasteiger partial charge in [0.25, 0.3) is 0 Å². The Morgan fingerprint density at radius 3 is 2.88 bits per heavy atom. The van der Waals surface area contributed by atoms with Crippen LogP contribution in [-0.2, 0) is 23.2 Å². The van der Waals surface area contributed by atoms with Crippen molar-refractivity contribution in [3.05, 3.63) is 53.4 Å². The van der Waals surface area contributed by atoms with E-state index in [1.165, 1.54) is 12.1 Å². The molecule has 6 rings (SSSR count). The van der Waals surface area contributed by atoms with Crippen LogP contribution in [0.3, 0.4) is 0 Å². The first-order valence-corrected chi connectivity index (χ1v) is 14.7. The summed E-state index contributed by atoms with van der Waals surface area (Å²) in [4.78, 5) is 28.3. The lowest BCUT2D eigenvalue weighted by Gasteiger charge is -2.44. The molecule has 1 aliphatic carbocycles. The fourth-order valence-corrected chi connectivity index (χ4v) is 7.01. The quantitative estimate of drug-likeness (QED) is 0.493. The van der Waals surface area contributed by atoms with Crippen molar-refractivity contribution < 1.29 is 18.7 Å². The number of halogens is 1. The Hall–Kier alpha value is -3.71. The molecule has 3 aliphatic heterocycles. The molecule has 2 fully saturated rings. The second kappa shape index (κ2) is 11.3. The summed E-state index contributed by atoms with van der Waals surface area (Å²) >= 11 is 0. The zero-order valence-corrected chi connectivity index (χ0v) is 23.6. The molecule has 1 aromatic carbocycles. The van der Waals surface area contributed by atoms with E-state index in [0.29, 0.717) is 57.4 Å². The Morgan fingerprint density at radius 1 is 1.22 bits per heavy atom. The molecule has 9 nitrogen and oxygen atoms in total. The van der Waals surface area contributed by atoms with Crippen LogP contribution in [0.4, 0.5) is 10.2 Å². The number of piperazine rings is 1. The molecule has 0 N–H and O–H groups in total. The Morgan fingerprint density at radius 2 is 2.10 bits per heavy atom. The van der Waals surface area contributed by atoms with E-state index in [0.717, 1.165) is 54.7 Å². The number of anilines is 1. The molecule has 0 radical (unpaired) electrons. The lowest BCUT2D eigenvalue weighted by atomic mass is 9.74. The number of likely N-dealkylation sites (N-methyl/N-ethyl adjacent to an activating group) is 1. The Labute approximate surface area is 240 Å². The number of carbonyl (C=O) groups is 1. The normalized spacial score (nSPS) is 25.7. The molecule has 0 saturated carbocycles. The van der Waals surface area contributed by atoms with Crippen molar-refractivity contribution >= 4 is 11.7 Å². The molecule has 216 valence electrons. The number of ether oxygens (including phenoxy) is 2. The first kappa shape index (κ1) is 27.5. The summed E-state index contributed by atoms with van der Waals surface area (Å²) in [7, 11) is 2.10. The van der Waals surface area contributed by atoms with Crippen LogP contribution < -0.4 is 14.4 Å². The predicted molar refractivity (Wildman–Crippen MR) is 151 cm³/mol. The zero-order valence-electron chi connectivity index (χ0n) is 23.6. The van der Waals surface area contributed by atoms with E-state index in [1.807, 2.05) is 6.07 Å². The zero-order chi connectivity index (χ0) is 28.6. The third-order valence-corrected chi connectivity index (χ3v) is 9.26. The highest BCUT2D eigenvalue weighted by atomic mass is 19.1. The molecule has 0 unspecified atom stereocenters. The number of aromatic nitrogens is 2. The minimum Gasteiger partial charge on any atom is -0.466 e. The number of likely N-dealkylation sites (tertiary alicyclic amines) is 1. The number of hydrogen-bond donors (Lipinski definition) is 0. The van der Waals surface area contributed by atoms with Gasteiger partial charge < -0.3 is 24.2 Å². The molecule has 0 bridgehead atoms. The van der Waals surface area contributed by atoms with Crippen LogP contribution in [0.5, 0.6) is 11.9 Å². The molecule has 4 aliphatic rings. The lowest BCUT2D eigenvalue weighted by Crippen LogP contribution is -2.55. The SMILES string of the molecule is C=CC(=O)N1CCN(c2nc(OC[C@@H]3CCCN3C)nc3c2CC[C@]2(CCCc4c(F)cccc42)O3)C[C@@H]1CC#N. The first-order chi connectivity index (χ1) is 19.9. The fourth-order valence-electron chi connectivity index (χ4n) is 7.01. The summed E-state index contributed by atoms with van der Waals surface area (Å²) < 4.78 is 27.8. The average Bonchev–Trinajstić information content (AvgIpc) is 3.40. The number of nitriles is 1. The summed E-state index contributed by atoms with van der Waals surface area (Å²) in [5.74, 6) is 0.852. The Bertz CT molecular complexity index is 1380. The number of carbonyl (C=O) groups excluding carboxylic acids is 1. The summed E-state index contributed by atoms with van der Waals surface area (Å²) in [5, 5.41) is 9.49. The number of amides is 1. The van der Waals surface area contributed by atoms with E-state index in [-0.39, 0.29) is 30.2 Å². The van der Waals surface area contributed by atoms with Gasteiger partial charge in [0.15, 0.2) is 0 Å². The van der Waals surface area contributed by atoms with Crippen molar-refractivity contribution in [2.24, 2.45) is 0 Å². The highest BCUT2D eigenvalue weighted by Gasteiger charge is 2.44. The molecule has 10 heteroatoms. The molecule has 2 aromatic rings. The van der Waals surface area contributed by atoms with Gasteiger partial charge >= 0.3 is 6.01 Å². The summed E-state index contributed by atoms with van der Waals surface area (Å²) in [6.07, 6.45) is 7.40. The highest BCUT2D eigenvalue weighted by molar-refractivity contribution is 5.87.